The Balaban J connectivity index is 2.20. The number of hydrogen-bond acceptors (Lipinski definition) is 4. The Hall–Kier alpha value is -0.910. The van der Waals surface area contributed by atoms with Crippen LogP contribution in [-0.4, -0.2) is 47.0 Å². The van der Waals surface area contributed by atoms with Gasteiger partial charge in [-0.3, -0.25) is 9.58 Å². The zero-order valence-corrected chi connectivity index (χ0v) is 11.8. The maximum Gasteiger partial charge on any atom is 0.0703 e. The van der Waals surface area contributed by atoms with E-state index in [2.05, 4.69) is 30.2 Å². The van der Waals surface area contributed by atoms with Crippen molar-refractivity contribution in [2.75, 3.05) is 20.2 Å². The number of ether oxygens (including phenoxy) is 1. The fourth-order valence-corrected chi connectivity index (χ4v) is 2.94. The van der Waals surface area contributed by atoms with Crippen LogP contribution in [0.4, 0.5) is 0 Å². The third-order valence-corrected chi connectivity index (χ3v) is 3.98. The van der Waals surface area contributed by atoms with E-state index in [0.29, 0.717) is 12.6 Å². The molecule has 1 saturated heterocycles. The van der Waals surface area contributed by atoms with E-state index in [9.17, 15) is 0 Å². The average Bonchev–Trinajstić information content (AvgIpc) is 2.87. The Morgan fingerprint density at radius 3 is 2.83 bits per heavy atom. The van der Waals surface area contributed by atoms with Crippen molar-refractivity contribution in [1.29, 1.82) is 0 Å². The molecule has 2 heterocycles. The maximum atomic E-state index is 5.98. The number of nitrogens with two attached hydrogens (primary N) is 1. The van der Waals surface area contributed by atoms with Gasteiger partial charge in [-0.15, -0.1) is 0 Å². The summed E-state index contributed by atoms with van der Waals surface area (Å²) >= 11 is 0. The average molecular weight is 252 g/mol. The first kappa shape index (κ1) is 13.5. The van der Waals surface area contributed by atoms with Gasteiger partial charge in [0.15, 0.2) is 0 Å². The highest BCUT2D eigenvalue weighted by molar-refractivity contribution is 5.21. The molecule has 102 valence electrons. The number of aromatic nitrogens is 2. The van der Waals surface area contributed by atoms with Crippen LogP contribution in [0.5, 0.6) is 0 Å². The van der Waals surface area contributed by atoms with Crippen molar-refractivity contribution in [3.8, 4) is 0 Å². The van der Waals surface area contributed by atoms with Gasteiger partial charge >= 0.3 is 0 Å². The van der Waals surface area contributed by atoms with Gasteiger partial charge in [0.2, 0.25) is 0 Å². The van der Waals surface area contributed by atoms with E-state index in [1.807, 2.05) is 18.7 Å². The number of rotatable bonds is 4. The Labute approximate surface area is 109 Å². The van der Waals surface area contributed by atoms with Gasteiger partial charge in [0.1, 0.15) is 0 Å². The number of nitrogens with zero attached hydrogens (tertiary/aromatic N) is 3. The summed E-state index contributed by atoms with van der Waals surface area (Å²) in [7, 11) is 4.09. The topological polar surface area (TPSA) is 56.3 Å². The minimum Gasteiger partial charge on any atom is -0.377 e. The van der Waals surface area contributed by atoms with Gasteiger partial charge in [-0.2, -0.15) is 5.10 Å². The summed E-state index contributed by atoms with van der Waals surface area (Å²) in [5.41, 5.74) is 8.26. The standard InChI is InChI=1S/C13H24N4O/c1-9-11(8-16(3)15-9)13(7-14)17(4)12-5-6-18-10(12)2/h8,10,12-13H,5-7,14H2,1-4H3. The summed E-state index contributed by atoms with van der Waals surface area (Å²) in [5, 5.41) is 4.41. The van der Waals surface area contributed by atoms with E-state index in [0.717, 1.165) is 18.7 Å². The maximum absolute atomic E-state index is 5.98. The van der Waals surface area contributed by atoms with E-state index in [-0.39, 0.29) is 12.1 Å². The Morgan fingerprint density at radius 1 is 1.67 bits per heavy atom. The van der Waals surface area contributed by atoms with Crippen LogP contribution < -0.4 is 5.73 Å². The van der Waals surface area contributed by atoms with Gasteiger partial charge in [0.25, 0.3) is 0 Å². The first-order chi connectivity index (χ1) is 8.54. The molecule has 0 aliphatic carbocycles. The van der Waals surface area contributed by atoms with Gasteiger partial charge in [0, 0.05) is 38.0 Å². The highest BCUT2D eigenvalue weighted by Gasteiger charge is 2.32. The van der Waals surface area contributed by atoms with E-state index >= 15 is 0 Å². The molecule has 0 saturated carbocycles. The first-order valence-electron chi connectivity index (χ1n) is 6.58. The van der Waals surface area contributed by atoms with Gasteiger partial charge in [-0.25, -0.2) is 0 Å². The lowest BCUT2D eigenvalue weighted by molar-refractivity contribution is 0.0685. The summed E-state index contributed by atoms with van der Waals surface area (Å²) in [6.45, 7) is 5.63. The van der Waals surface area contributed by atoms with Crippen molar-refractivity contribution in [3.05, 3.63) is 17.5 Å². The second kappa shape index (κ2) is 5.38. The lowest BCUT2D eigenvalue weighted by Crippen LogP contribution is -2.42. The van der Waals surface area contributed by atoms with Crippen molar-refractivity contribution in [1.82, 2.24) is 14.7 Å². The quantitative estimate of drug-likeness (QED) is 0.862. The lowest BCUT2D eigenvalue weighted by atomic mass is 10.0. The Morgan fingerprint density at radius 2 is 2.39 bits per heavy atom. The van der Waals surface area contributed by atoms with Crippen LogP contribution in [0.2, 0.25) is 0 Å². The highest BCUT2D eigenvalue weighted by atomic mass is 16.5. The summed E-state index contributed by atoms with van der Waals surface area (Å²) in [5.74, 6) is 0. The smallest absolute Gasteiger partial charge is 0.0703 e. The minimum atomic E-state index is 0.216. The largest absolute Gasteiger partial charge is 0.377 e. The SMILES string of the molecule is Cc1nn(C)cc1C(CN)N(C)C1CCOC1C. The normalized spacial score (nSPS) is 25.9. The van der Waals surface area contributed by atoms with Crippen molar-refractivity contribution in [3.63, 3.8) is 0 Å². The van der Waals surface area contributed by atoms with Crippen LogP contribution in [-0.2, 0) is 11.8 Å². The van der Waals surface area contributed by atoms with Gasteiger partial charge in [-0.05, 0) is 27.3 Å². The van der Waals surface area contributed by atoms with Crippen molar-refractivity contribution in [2.24, 2.45) is 12.8 Å². The van der Waals surface area contributed by atoms with Crippen LogP contribution in [0.1, 0.15) is 30.6 Å². The van der Waals surface area contributed by atoms with E-state index in [4.69, 9.17) is 10.5 Å². The minimum absolute atomic E-state index is 0.216. The van der Waals surface area contributed by atoms with Gasteiger partial charge < -0.3 is 10.5 Å². The molecule has 1 aliphatic rings. The van der Waals surface area contributed by atoms with Crippen LogP contribution in [0.15, 0.2) is 6.20 Å². The van der Waals surface area contributed by atoms with E-state index < -0.39 is 0 Å². The molecule has 5 nitrogen and oxygen atoms in total. The molecule has 2 N–H and O–H groups in total. The molecule has 0 aromatic carbocycles. The molecule has 0 bridgehead atoms. The molecular formula is C13H24N4O. The zero-order valence-electron chi connectivity index (χ0n) is 11.8. The van der Waals surface area contributed by atoms with Gasteiger partial charge in [0.05, 0.1) is 17.8 Å². The predicted octanol–water partition coefficient (Wildman–Crippen LogP) is 0.838. The van der Waals surface area contributed by atoms with E-state index in [1.165, 1.54) is 5.56 Å². The van der Waals surface area contributed by atoms with Crippen molar-refractivity contribution >= 4 is 0 Å². The summed E-state index contributed by atoms with van der Waals surface area (Å²) < 4.78 is 7.51. The molecule has 0 spiro atoms. The molecule has 0 radical (unpaired) electrons. The zero-order chi connectivity index (χ0) is 13.3. The van der Waals surface area contributed by atoms with Crippen molar-refractivity contribution in [2.45, 2.75) is 38.5 Å². The molecule has 2 rings (SSSR count). The van der Waals surface area contributed by atoms with Crippen LogP contribution in [0, 0.1) is 6.92 Å². The third-order valence-electron chi connectivity index (χ3n) is 3.98. The first-order valence-corrected chi connectivity index (χ1v) is 6.58. The highest BCUT2D eigenvalue weighted by Crippen LogP contribution is 2.28. The van der Waals surface area contributed by atoms with Crippen LogP contribution in [0.25, 0.3) is 0 Å². The van der Waals surface area contributed by atoms with Crippen molar-refractivity contribution < 1.29 is 4.74 Å². The monoisotopic (exact) mass is 252 g/mol. The molecule has 1 fully saturated rings. The molecule has 5 heteroatoms. The fourth-order valence-electron chi connectivity index (χ4n) is 2.94. The Bertz CT molecular complexity index is 404. The molecule has 3 atom stereocenters. The molecule has 1 aromatic rings. The molecule has 1 aliphatic heterocycles. The number of hydrogen-bond donors (Lipinski definition) is 1. The molecular weight excluding hydrogens is 228 g/mol. The van der Waals surface area contributed by atoms with Gasteiger partial charge in [-0.1, -0.05) is 0 Å². The second-order valence-electron chi connectivity index (χ2n) is 5.19. The third kappa shape index (κ3) is 2.43. The molecule has 0 amide bonds. The molecule has 3 unspecified atom stereocenters. The molecule has 18 heavy (non-hydrogen) atoms. The summed E-state index contributed by atoms with van der Waals surface area (Å²) in [6, 6.07) is 0.658. The van der Waals surface area contributed by atoms with Crippen LogP contribution >= 0.6 is 0 Å². The molecule has 1 aromatic heterocycles. The van der Waals surface area contributed by atoms with E-state index in [1.54, 1.807) is 0 Å². The number of likely N-dealkylation sites (N-methyl/N-ethyl adjacent to an activating group) is 1. The summed E-state index contributed by atoms with van der Waals surface area (Å²) in [4.78, 5) is 2.35. The predicted molar refractivity (Wildman–Crippen MR) is 71.3 cm³/mol. The van der Waals surface area contributed by atoms with Crippen LogP contribution in [0.3, 0.4) is 0 Å². The second-order valence-corrected chi connectivity index (χ2v) is 5.19. The lowest BCUT2D eigenvalue weighted by Gasteiger charge is -2.33. The summed E-state index contributed by atoms with van der Waals surface area (Å²) in [6.07, 6.45) is 3.43. The number of aryl methyl sites for hydroxylation is 2. The fraction of sp³-hybridized carbons (Fsp3) is 0.769. The Kier molecular flexibility index (Phi) is 4.04.